The lowest BCUT2D eigenvalue weighted by Crippen LogP contribution is -2.34. The van der Waals surface area contributed by atoms with Crippen molar-refractivity contribution in [2.24, 2.45) is 0 Å². The van der Waals surface area contributed by atoms with Crippen LogP contribution in [0.1, 0.15) is 18.6 Å². The minimum atomic E-state index is -4.29. The van der Waals surface area contributed by atoms with Crippen LogP contribution in [0.4, 0.5) is 24.5 Å². The van der Waals surface area contributed by atoms with Gasteiger partial charge in [-0.05, 0) is 19.1 Å². The topological polar surface area (TPSA) is 52.6 Å². The van der Waals surface area contributed by atoms with Crippen LogP contribution in [0.5, 0.6) is 0 Å². The number of anilines is 2. The number of aliphatic hydroxyl groups is 1. The van der Waals surface area contributed by atoms with Crippen molar-refractivity contribution < 1.29 is 23.1 Å². The molecule has 0 aromatic heterocycles. The van der Waals surface area contributed by atoms with Crippen molar-refractivity contribution in [3.8, 4) is 0 Å². The van der Waals surface area contributed by atoms with E-state index < -0.39 is 24.7 Å². The summed E-state index contributed by atoms with van der Waals surface area (Å²) in [7, 11) is 0. The molecule has 0 bridgehead atoms. The molecule has 4 nitrogen and oxygen atoms in total. The Balaban J connectivity index is 2.27. The molecule has 1 unspecified atom stereocenters. The summed E-state index contributed by atoms with van der Waals surface area (Å²) < 4.78 is 37.3. The zero-order valence-electron chi connectivity index (χ0n) is 10.2. The SMILES string of the molecule is CCN(CC(F)(F)F)c1ccc2c(c1)NC(=O)C2O. The molecule has 1 aromatic carbocycles. The second-order valence-electron chi connectivity index (χ2n) is 4.29. The summed E-state index contributed by atoms with van der Waals surface area (Å²) >= 11 is 0. The van der Waals surface area contributed by atoms with Crippen molar-refractivity contribution in [1.29, 1.82) is 0 Å². The summed E-state index contributed by atoms with van der Waals surface area (Å²) in [6.45, 7) is 0.750. The monoisotopic (exact) mass is 274 g/mol. The van der Waals surface area contributed by atoms with Gasteiger partial charge in [0.25, 0.3) is 5.91 Å². The third-order valence-corrected chi connectivity index (χ3v) is 2.95. The first-order valence-electron chi connectivity index (χ1n) is 5.76. The van der Waals surface area contributed by atoms with E-state index in [1.807, 2.05) is 0 Å². The van der Waals surface area contributed by atoms with Gasteiger partial charge in [-0.2, -0.15) is 13.2 Å². The average Bonchev–Trinajstić information content (AvgIpc) is 2.60. The van der Waals surface area contributed by atoms with Gasteiger partial charge in [-0.1, -0.05) is 6.07 Å². The highest BCUT2D eigenvalue weighted by atomic mass is 19.4. The maximum Gasteiger partial charge on any atom is 0.405 e. The van der Waals surface area contributed by atoms with Crippen LogP contribution in [-0.2, 0) is 4.79 Å². The Morgan fingerprint density at radius 3 is 2.68 bits per heavy atom. The van der Waals surface area contributed by atoms with Gasteiger partial charge in [0.1, 0.15) is 6.54 Å². The second-order valence-corrected chi connectivity index (χ2v) is 4.29. The van der Waals surface area contributed by atoms with Gasteiger partial charge in [0, 0.05) is 23.5 Å². The Morgan fingerprint density at radius 2 is 2.11 bits per heavy atom. The van der Waals surface area contributed by atoms with Gasteiger partial charge in [0.05, 0.1) is 0 Å². The van der Waals surface area contributed by atoms with Crippen LogP contribution in [-0.4, -0.2) is 30.3 Å². The van der Waals surface area contributed by atoms with Crippen molar-refractivity contribution in [3.05, 3.63) is 23.8 Å². The van der Waals surface area contributed by atoms with Crippen molar-refractivity contribution in [2.45, 2.75) is 19.2 Å². The Labute approximate surface area is 107 Å². The summed E-state index contributed by atoms with van der Waals surface area (Å²) in [6, 6.07) is 4.38. The number of rotatable bonds is 3. The number of carbonyl (C=O) groups is 1. The van der Waals surface area contributed by atoms with Gasteiger partial charge in [-0.15, -0.1) is 0 Å². The second kappa shape index (κ2) is 4.73. The first-order chi connectivity index (χ1) is 8.81. The average molecular weight is 274 g/mol. The molecule has 0 aliphatic carbocycles. The van der Waals surface area contributed by atoms with E-state index in [1.54, 1.807) is 6.92 Å². The molecule has 0 fully saturated rings. The maximum atomic E-state index is 12.4. The summed E-state index contributed by atoms with van der Waals surface area (Å²) in [6.07, 6.45) is -5.54. The van der Waals surface area contributed by atoms with E-state index in [9.17, 15) is 23.1 Å². The molecule has 1 aliphatic rings. The number of halogens is 3. The first kappa shape index (κ1) is 13.7. The van der Waals surface area contributed by atoms with Crippen molar-refractivity contribution >= 4 is 17.3 Å². The number of fused-ring (bicyclic) bond motifs is 1. The van der Waals surface area contributed by atoms with E-state index >= 15 is 0 Å². The molecule has 1 aliphatic heterocycles. The molecule has 1 amide bonds. The predicted octanol–water partition coefficient (Wildman–Crippen LogP) is 2.06. The molecule has 0 saturated carbocycles. The largest absolute Gasteiger partial charge is 0.405 e. The summed E-state index contributed by atoms with van der Waals surface area (Å²) in [5.74, 6) is -0.564. The number of carbonyl (C=O) groups excluding carboxylic acids is 1. The number of nitrogens with zero attached hydrogens (tertiary/aromatic N) is 1. The zero-order chi connectivity index (χ0) is 14.2. The fourth-order valence-electron chi connectivity index (χ4n) is 2.03. The predicted molar refractivity (Wildman–Crippen MR) is 64.0 cm³/mol. The van der Waals surface area contributed by atoms with Gasteiger partial charge >= 0.3 is 6.18 Å². The lowest BCUT2D eigenvalue weighted by Gasteiger charge is -2.24. The quantitative estimate of drug-likeness (QED) is 0.887. The van der Waals surface area contributed by atoms with E-state index in [1.165, 1.54) is 18.2 Å². The maximum absolute atomic E-state index is 12.4. The van der Waals surface area contributed by atoms with E-state index in [4.69, 9.17) is 0 Å². The number of benzene rings is 1. The number of hydrogen-bond acceptors (Lipinski definition) is 3. The number of amides is 1. The molecule has 0 radical (unpaired) electrons. The Kier molecular flexibility index (Phi) is 3.40. The minimum Gasteiger partial charge on any atom is -0.378 e. The molecule has 2 rings (SSSR count). The molecule has 19 heavy (non-hydrogen) atoms. The highest BCUT2D eigenvalue weighted by molar-refractivity contribution is 6.02. The third-order valence-electron chi connectivity index (χ3n) is 2.95. The van der Waals surface area contributed by atoms with Gasteiger partial charge < -0.3 is 15.3 Å². The zero-order valence-corrected chi connectivity index (χ0v) is 10.2. The van der Waals surface area contributed by atoms with Crippen molar-refractivity contribution in [2.75, 3.05) is 23.3 Å². The summed E-state index contributed by atoms with van der Waals surface area (Å²) in [5, 5.41) is 11.9. The smallest absolute Gasteiger partial charge is 0.378 e. The van der Waals surface area contributed by atoms with Gasteiger partial charge in [0.15, 0.2) is 6.10 Å². The lowest BCUT2D eigenvalue weighted by molar-refractivity contribution is -0.123. The first-order valence-corrected chi connectivity index (χ1v) is 5.76. The van der Waals surface area contributed by atoms with Gasteiger partial charge in [-0.25, -0.2) is 0 Å². The Bertz CT molecular complexity index is 502. The number of aliphatic hydroxyl groups excluding tert-OH is 1. The molecule has 1 aromatic rings. The van der Waals surface area contributed by atoms with Gasteiger partial charge in [0.2, 0.25) is 0 Å². The molecule has 0 spiro atoms. The van der Waals surface area contributed by atoms with Crippen LogP contribution in [0.3, 0.4) is 0 Å². The van der Waals surface area contributed by atoms with E-state index in [0.717, 1.165) is 4.90 Å². The molecular formula is C12H13F3N2O2. The molecule has 7 heteroatoms. The van der Waals surface area contributed by atoms with E-state index in [2.05, 4.69) is 5.32 Å². The highest BCUT2D eigenvalue weighted by Gasteiger charge is 2.32. The molecule has 1 heterocycles. The standard InChI is InChI=1S/C12H13F3N2O2/c1-2-17(6-12(13,14)15)7-3-4-8-9(5-7)16-11(19)10(8)18/h3-5,10,18H,2,6H2,1H3,(H,16,19). The van der Waals surface area contributed by atoms with Crippen LogP contribution >= 0.6 is 0 Å². The van der Waals surface area contributed by atoms with Crippen molar-refractivity contribution in [3.63, 3.8) is 0 Å². The number of alkyl halides is 3. The summed E-state index contributed by atoms with van der Waals surface area (Å²) in [4.78, 5) is 12.4. The molecule has 1 atom stereocenters. The van der Waals surface area contributed by atoms with E-state index in [-0.39, 0.29) is 6.54 Å². The minimum absolute atomic E-state index is 0.189. The van der Waals surface area contributed by atoms with E-state index in [0.29, 0.717) is 16.9 Å². The molecule has 2 N–H and O–H groups in total. The Morgan fingerprint density at radius 1 is 1.42 bits per heavy atom. The van der Waals surface area contributed by atoms with Crippen molar-refractivity contribution in [1.82, 2.24) is 0 Å². The van der Waals surface area contributed by atoms with Crippen LogP contribution in [0.2, 0.25) is 0 Å². The number of hydrogen-bond donors (Lipinski definition) is 2. The fourth-order valence-corrected chi connectivity index (χ4v) is 2.03. The lowest BCUT2D eigenvalue weighted by atomic mass is 10.1. The van der Waals surface area contributed by atoms with Crippen LogP contribution < -0.4 is 10.2 Å². The van der Waals surface area contributed by atoms with Crippen LogP contribution in [0.25, 0.3) is 0 Å². The third kappa shape index (κ3) is 2.81. The molecule has 104 valence electrons. The Hall–Kier alpha value is -1.76. The fraction of sp³-hybridized carbons (Fsp3) is 0.417. The van der Waals surface area contributed by atoms with Crippen LogP contribution in [0.15, 0.2) is 18.2 Å². The summed E-state index contributed by atoms with van der Waals surface area (Å²) in [5.41, 5.74) is 1.10. The highest BCUT2D eigenvalue weighted by Crippen LogP contribution is 2.34. The van der Waals surface area contributed by atoms with Crippen LogP contribution in [0, 0.1) is 0 Å². The normalized spacial score (nSPS) is 18.2. The van der Waals surface area contributed by atoms with Gasteiger partial charge in [-0.3, -0.25) is 4.79 Å². The molecular weight excluding hydrogens is 261 g/mol. The molecule has 0 saturated heterocycles. The number of nitrogens with one attached hydrogen (secondary N) is 1.